The maximum Gasteiger partial charge on any atom is 0.307 e. The van der Waals surface area contributed by atoms with Crippen LogP contribution in [0.4, 0.5) is 0 Å². The van der Waals surface area contributed by atoms with E-state index < -0.39 is 17.8 Å². The standard InChI is InChI=1S/C23H29N3O2.C12H19N3O.C11H12O2/c1-23(18-7-5-4-6-8-18)14-20(23)22(28)25-15-19(26(2)3)13-16-9-11-17(12-10-16)21(24)27;1-15(2)11(8-13)7-9-3-5-10(6-4-9)12(14)16;1-11(7-9(11)10(12)13)8-5-3-2-4-6-8/h4-12,19-20H,13-15H2,1-3H3,(H2,24,27)(H,25,28);3-6,11H,7-8,13H2,1-2H3,(H2,14,16);2-6,9H,7H2,1H3,(H,12,13)/t19-,20+,23-;11-;9-,11+/m001/s1. The van der Waals surface area contributed by atoms with Crippen LogP contribution in [-0.2, 0) is 33.3 Å². The number of nitrogens with zero attached hydrogens (tertiary/aromatic N) is 2. The van der Waals surface area contributed by atoms with Crippen molar-refractivity contribution in [2.45, 2.75) is 62.4 Å². The number of likely N-dealkylation sites (N-methyl/N-ethyl adjacent to an activating group) is 2. The third-order valence-corrected chi connectivity index (χ3v) is 11.6. The van der Waals surface area contributed by atoms with Gasteiger partial charge in [0.1, 0.15) is 0 Å². The van der Waals surface area contributed by atoms with Crippen molar-refractivity contribution in [3.05, 3.63) is 143 Å². The summed E-state index contributed by atoms with van der Waals surface area (Å²) in [5.74, 6) is -1.51. The van der Waals surface area contributed by atoms with Gasteiger partial charge < -0.3 is 37.4 Å². The zero-order valence-electron chi connectivity index (χ0n) is 34.2. The molecule has 11 heteroatoms. The Morgan fingerprint density at radius 2 is 1.04 bits per heavy atom. The van der Waals surface area contributed by atoms with Gasteiger partial charge in [0.15, 0.2) is 0 Å². The molecule has 304 valence electrons. The molecule has 3 amide bonds. The number of amides is 3. The van der Waals surface area contributed by atoms with Gasteiger partial charge in [-0.3, -0.25) is 19.2 Å². The third-order valence-electron chi connectivity index (χ3n) is 11.6. The Balaban J connectivity index is 0.000000209. The minimum atomic E-state index is -0.675. The smallest absolute Gasteiger partial charge is 0.307 e. The molecule has 11 nitrogen and oxygen atoms in total. The highest BCUT2D eigenvalue weighted by molar-refractivity contribution is 5.93. The summed E-state index contributed by atoms with van der Waals surface area (Å²) in [6, 6.07) is 35.3. The number of aliphatic carboxylic acids is 1. The molecule has 0 aromatic heterocycles. The van der Waals surface area contributed by atoms with Crippen molar-refractivity contribution in [1.29, 1.82) is 0 Å². The van der Waals surface area contributed by atoms with Gasteiger partial charge in [0.2, 0.25) is 17.7 Å². The summed E-state index contributed by atoms with van der Waals surface area (Å²) < 4.78 is 0. The lowest BCUT2D eigenvalue weighted by molar-refractivity contribution is -0.139. The maximum absolute atomic E-state index is 12.7. The van der Waals surface area contributed by atoms with E-state index in [9.17, 15) is 19.2 Å². The van der Waals surface area contributed by atoms with E-state index in [0.29, 0.717) is 30.3 Å². The van der Waals surface area contributed by atoms with Gasteiger partial charge >= 0.3 is 5.97 Å². The Bertz CT molecular complexity index is 1940. The molecule has 57 heavy (non-hydrogen) atoms. The molecule has 2 fully saturated rings. The molecule has 0 radical (unpaired) electrons. The number of carbonyl (C=O) groups excluding carboxylic acids is 3. The van der Waals surface area contributed by atoms with Gasteiger partial charge in [-0.2, -0.15) is 0 Å². The molecule has 0 unspecified atom stereocenters. The lowest BCUT2D eigenvalue weighted by atomic mass is 9.95. The summed E-state index contributed by atoms with van der Waals surface area (Å²) >= 11 is 0. The van der Waals surface area contributed by atoms with Crippen LogP contribution >= 0.6 is 0 Å². The van der Waals surface area contributed by atoms with E-state index in [1.807, 2.05) is 108 Å². The first-order valence-corrected chi connectivity index (χ1v) is 19.4. The van der Waals surface area contributed by atoms with E-state index >= 15 is 0 Å². The lowest BCUT2D eigenvalue weighted by Gasteiger charge is -2.25. The predicted molar refractivity (Wildman–Crippen MR) is 226 cm³/mol. The number of benzene rings is 4. The first kappa shape index (κ1) is 44.4. The average molecular weight is 777 g/mol. The molecule has 2 saturated carbocycles. The van der Waals surface area contributed by atoms with Crippen LogP contribution in [0.2, 0.25) is 0 Å². The molecule has 0 saturated heterocycles. The molecule has 6 rings (SSSR count). The molecule has 8 N–H and O–H groups in total. The fourth-order valence-corrected chi connectivity index (χ4v) is 7.16. The predicted octanol–water partition coefficient (Wildman–Crippen LogP) is 4.62. The minimum Gasteiger partial charge on any atom is -0.481 e. The molecule has 0 heterocycles. The van der Waals surface area contributed by atoms with Crippen molar-refractivity contribution in [2.75, 3.05) is 41.3 Å². The molecule has 0 spiro atoms. The molecule has 2 aliphatic carbocycles. The number of hydrogen-bond donors (Lipinski definition) is 5. The SMILES string of the molecule is CN(C)[C@H](CN)Cc1ccc(C(N)=O)cc1.CN(C)[C@H](CNC(=O)[C@H]1C[C@@]1(C)c1ccccc1)Cc1ccc(C(N)=O)cc1.C[C@@]1(c2ccccc2)C[C@@H]1C(=O)O. The Labute approximate surface area is 337 Å². The molecule has 2 aliphatic rings. The fraction of sp³-hybridized carbons (Fsp3) is 0.391. The first-order valence-electron chi connectivity index (χ1n) is 19.4. The Hall–Kier alpha value is -5.36. The molecular formula is C46H60N6O5. The second kappa shape index (κ2) is 19.7. The summed E-state index contributed by atoms with van der Waals surface area (Å²) in [7, 11) is 8.05. The molecule has 6 atom stereocenters. The Kier molecular flexibility index (Phi) is 15.3. The topological polar surface area (TPSA) is 185 Å². The van der Waals surface area contributed by atoms with E-state index in [2.05, 4.69) is 34.2 Å². The summed E-state index contributed by atoms with van der Waals surface area (Å²) in [6.07, 6.45) is 3.33. The molecular weight excluding hydrogens is 717 g/mol. The summed E-state index contributed by atoms with van der Waals surface area (Å²) in [5.41, 5.74) is 21.7. The van der Waals surface area contributed by atoms with Crippen LogP contribution in [0.5, 0.6) is 0 Å². The van der Waals surface area contributed by atoms with Crippen LogP contribution in [0.3, 0.4) is 0 Å². The number of nitrogens with two attached hydrogens (primary N) is 3. The summed E-state index contributed by atoms with van der Waals surface area (Å²) in [5, 5.41) is 12.0. The van der Waals surface area contributed by atoms with Crippen LogP contribution in [0.15, 0.2) is 109 Å². The van der Waals surface area contributed by atoms with Crippen molar-refractivity contribution in [3.8, 4) is 0 Å². The number of nitrogens with one attached hydrogen (secondary N) is 1. The number of carboxylic acids is 1. The molecule has 4 aromatic rings. The Morgan fingerprint density at radius 1 is 0.649 bits per heavy atom. The van der Waals surface area contributed by atoms with Crippen LogP contribution in [0, 0.1) is 11.8 Å². The largest absolute Gasteiger partial charge is 0.481 e. The van der Waals surface area contributed by atoms with Crippen molar-refractivity contribution in [3.63, 3.8) is 0 Å². The van der Waals surface area contributed by atoms with Crippen LogP contribution in [-0.4, -0.2) is 92.0 Å². The van der Waals surface area contributed by atoms with Gasteiger partial charge in [-0.05, 0) is 100 Å². The normalized spacial score (nSPS) is 21.5. The number of hydrogen-bond acceptors (Lipinski definition) is 7. The van der Waals surface area contributed by atoms with E-state index in [1.54, 1.807) is 24.3 Å². The zero-order chi connectivity index (χ0) is 41.9. The quantitative estimate of drug-likeness (QED) is 0.116. The van der Waals surface area contributed by atoms with Crippen LogP contribution in [0.25, 0.3) is 0 Å². The van der Waals surface area contributed by atoms with E-state index in [1.165, 1.54) is 5.56 Å². The van der Waals surface area contributed by atoms with Crippen LogP contribution in [0.1, 0.15) is 69.7 Å². The zero-order valence-corrected chi connectivity index (χ0v) is 34.2. The van der Waals surface area contributed by atoms with Crippen LogP contribution < -0.4 is 22.5 Å². The highest BCUT2D eigenvalue weighted by Crippen LogP contribution is 2.54. The summed E-state index contributed by atoms with van der Waals surface area (Å²) in [4.78, 5) is 49.8. The number of rotatable bonds is 15. The highest BCUT2D eigenvalue weighted by Gasteiger charge is 2.56. The fourth-order valence-electron chi connectivity index (χ4n) is 7.16. The monoisotopic (exact) mass is 776 g/mol. The van der Waals surface area contributed by atoms with Gasteiger partial charge in [-0.1, -0.05) is 98.8 Å². The average Bonchev–Trinajstić information content (AvgIpc) is 4.11. The number of primary amides is 2. The molecule has 4 aromatic carbocycles. The number of carbonyl (C=O) groups is 4. The number of carboxylic acid groups (broad SMARTS) is 1. The van der Waals surface area contributed by atoms with Crippen molar-refractivity contribution in [1.82, 2.24) is 15.1 Å². The van der Waals surface area contributed by atoms with E-state index in [0.717, 1.165) is 42.4 Å². The molecule has 0 aliphatic heterocycles. The maximum atomic E-state index is 12.7. The van der Waals surface area contributed by atoms with Crippen molar-refractivity contribution < 1.29 is 24.3 Å². The third kappa shape index (κ3) is 12.1. The summed E-state index contributed by atoms with van der Waals surface area (Å²) in [6.45, 7) is 5.38. The second-order valence-electron chi connectivity index (χ2n) is 16.2. The van der Waals surface area contributed by atoms with Crippen molar-refractivity contribution >= 4 is 23.7 Å². The van der Waals surface area contributed by atoms with Gasteiger partial charge in [0.05, 0.1) is 5.92 Å². The van der Waals surface area contributed by atoms with E-state index in [4.69, 9.17) is 22.3 Å². The van der Waals surface area contributed by atoms with Crippen molar-refractivity contribution in [2.24, 2.45) is 29.0 Å². The highest BCUT2D eigenvalue weighted by atomic mass is 16.4. The van der Waals surface area contributed by atoms with Gasteiger partial charge in [-0.25, -0.2) is 0 Å². The van der Waals surface area contributed by atoms with Gasteiger partial charge in [0.25, 0.3) is 0 Å². The van der Waals surface area contributed by atoms with E-state index in [-0.39, 0.29) is 34.6 Å². The molecule has 0 bridgehead atoms. The lowest BCUT2D eigenvalue weighted by Crippen LogP contribution is -2.42. The Morgan fingerprint density at radius 3 is 1.39 bits per heavy atom. The first-order chi connectivity index (χ1) is 27.0. The van der Waals surface area contributed by atoms with Gasteiger partial charge in [0, 0.05) is 53.0 Å². The minimum absolute atomic E-state index is 0.0348. The second-order valence-corrected chi connectivity index (χ2v) is 16.2. The van der Waals surface area contributed by atoms with Gasteiger partial charge in [-0.15, -0.1) is 0 Å².